The molecule has 0 bridgehead atoms. The molecule has 1 unspecified atom stereocenters. The summed E-state index contributed by atoms with van der Waals surface area (Å²) < 4.78 is 7.24. The molecular formula is C20H22N4O2. The largest absolute Gasteiger partial charge is 0.361 e. The summed E-state index contributed by atoms with van der Waals surface area (Å²) in [4.78, 5) is 19.1. The number of amides is 1. The van der Waals surface area contributed by atoms with Crippen LogP contribution in [0, 0.1) is 6.92 Å². The van der Waals surface area contributed by atoms with Crippen molar-refractivity contribution >= 4 is 5.91 Å². The molecule has 1 saturated heterocycles. The molecule has 0 spiro atoms. The van der Waals surface area contributed by atoms with Gasteiger partial charge in [-0.2, -0.15) is 0 Å². The molecule has 0 aliphatic carbocycles. The molecule has 6 heteroatoms. The van der Waals surface area contributed by atoms with Crippen molar-refractivity contribution in [2.24, 2.45) is 0 Å². The quantitative estimate of drug-likeness (QED) is 0.724. The number of piperidine rings is 1. The van der Waals surface area contributed by atoms with Crippen molar-refractivity contribution in [3.63, 3.8) is 0 Å². The molecule has 1 aliphatic heterocycles. The maximum Gasteiger partial charge on any atom is 0.276 e. The number of hydrogen-bond donors (Lipinski definition) is 0. The van der Waals surface area contributed by atoms with E-state index in [0.717, 1.165) is 31.8 Å². The number of nitrogens with zero attached hydrogens (tertiary/aromatic N) is 4. The van der Waals surface area contributed by atoms with Crippen molar-refractivity contribution in [2.75, 3.05) is 13.1 Å². The fourth-order valence-corrected chi connectivity index (χ4v) is 3.60. The highest BCUT2D eigenvalue weighted by molar-refractivity contribution is 5.92. The van der Waals surface area contributed by atoms with Crippen molar-refractivity contribution < 1.29 is 9.32 Å². The molecule has 0 radical (unpaired) electrons. The SMILES string of the molecule is Cc1cc(C(=O)N2CCCC(c3nccn3Cc3ccccc3)C2)no1. The van der Waals surface area contributed by atoms with Crippen LogP contribution in [0.4, 0.5) is 0 Å². The Morgan fingerprint density at radius 1 is 1.31 bits per heavy atom. The van der Waals surface area contributed by atoms with Gasteiger partial charge in [-0.15, -0.1) is 0 Å². The average Bonchev–Trinajstić information content (AvgIpc) is 3.31. The first-order chi connectivity index (χ1) is 12.7. The van der Waals surface area contributed by atoms with Crippen LogP contribution in [0.2, 0.25) is 0 Å². The van der Waals surface area contributed by atoms with E-state index in [0.29, 0.717) is 18.0 Å². The van der Waals surface area contributed by atoms with Gasteiger partial charge in [-0.05, 0) is 25.3 Å². The van der Waals surface area contributed by atoms with Crippen LogP contribution in [-0.4, -0.2) is 38.6 Å². The maximum atomic E-state index is 12.7. The molecule has 3 heterocycles. The van der Waals surface area contributed by atoms with Crippen molar-refractivity contribution in [1.29, 1.82) is 0 Å². The lowest BCUT2D eigenvalue weighted by atomic mass is 9.96. The third kappa shape index (κ3) is 3.40. The summed E-state index contributed by atoms with van der Waals surface area (Å²) in [5.74, 6) is 1.87. The fraction of sp³-hybridized carbons (Fsp3) is 0.350. The van der Waals surface area contributed by atoms with E-state index in [-0.39, 0.29) is 11.8 Å². The number of likely N-dealkylation sites (tertiary alicyclic amines) is 1. The van der Waals surface area contributed by atoms with E-state index in [1.807, 2.05) is 35.5 Å². The zero-order valence-corrected chi connectivity index (χ0v) is 14.8. The van der Waals surface area contributed by atoms with E-state index in [4.69, 9.17) is 4.52 Å². The molecule has 0 saturated carbocycles. The summed E-state index contributed by atoms with van der Waals surface area (Å²) in [6.07, 6.45) is 5.86. The van der Waals surface area contributed by atoms with Crippen molar-refractivity contribution in [1.82, 2.24) is 19.6 Å². The third-order valence-corrected chi connectivity index (χ3v) is 4.86. The number of carbonyl (C=O) groups is 1. The molecule has 1 aliphatic rings. The Morgan fingerprint density at radius 2 is 2.15 bits per heavy atom. The first-order valence-electron chi connectivity index (χ1n) is 8.98. The third-order valence-electron chi connectivity index (χ3n) is 4.86. The standard InChI is InChI=1S/C20H22N4O2/c1-15-12-18(22-26-15)20(25)24-10-5-8-17(14-24)19-21-9-11-23(19)13-16-6-3-2-4-7-16/h2-4,6-7,9,11-12,17H,5,8,10,13-14H2,1H3. The van der Waals surface area contributed by atoms with Crippen LogP contribution in [-0.2, 0) is 6.54 Å². The Balaban J connectivity index is 1.50. The predicted molar refractivity (Wildman–Crippen MR) is 96.9 cm³/mol. The minimum atomic E-state index is -0.0623. The molecule has 134 valence electrons. The first-order valence-corrected chi connectivity index (χ1v) is 8.98. The van der Waals surface area contributed by atoms with Crippen molar-refractivity contribution in [3.8, 4) is 0 Å². The first kappa shape index (κ1) is 16.6. The number of hydrogen-bond acceptors (Lipinski definition) is 4. The normalized spacial score (nSPS) is 17.4. The number of imidazole rings is 1. The van der Waals surface area contributed by atoms with Gasteiger partial charge in [0, 0.05) is 44.0 Å². The summed E-state index contributed by atoms with van der Waals surface area (Å²) in [6, 6.07) is 12.1. The molecule has 2 aromatic heterocycles. The van der Waals surface area contributed by atoms with E-state index in [1.165, 1.54) is 5.56 Å². The predicted octanol–water partition coefficient (Wildman–Crippen LogP) is 3.25. The van der Waals surface area contributed by atoms with Gasteiger partial charge >= 0.3 is 0 Å². The summed E-state index contributed by atoms with van der Waals surface area (Å²) in [7, 11) is 0. The molecule has 1 amide bonds. The Hall–Kier alpha value is -2.89. The molecule has 26 heavy (non-hydrogen) atoms. The number of aromatic nitrogens is 3. The van der Waals surface area contributed by atoms with E-state index in [2.05, 4.69) is 26.8 Å². The van der Waals surface area contributed by atoms with Crippen LogP contribution in [0.15, 0.2) is 53.3 Å². The van der Waals surface area contributed by atoms with Gasteiger partial charge in [0.1, 0.15) is 11.6 Å². The van der Waals surface area contributed by atoms with Crippen LogP contribution in [0.1, 0.15) is 46.4 Å². The van der Waals surface area contributed by atoms with Gasteiger partial charge in [0.2, 0.25) is 0 Å². The lowest BCUT2D eigenvalue weighted by molar-refractivity contribution is 0.0693. The topological polar surface area (TPSA) is 64.2 Å². The molecule has 0 N–H and O–H groups in total. The van der Waals surface area contributed by atoms with Gasteiger partial charge in [0.05, 0.1) is 0 Å². The summed E-state index contributed by atoms with van der Waals surface area (Å²) in [5.41, 5.74) is 1.63. The summed E-state index contributed by atoms with van der Waals surface area (Å²) in [5, 5.41) is 3.87. The minimum absolute atomic E-state index is 0.0623. The lowest BCUT2D eigenvalue weighted by Gasteiger charge is -2.32. The minimum Gasteiger partial charge on any atom is -0.361 e. The average molecular weight is 350 g/mol. The Kier molecular flexibility index (Phi) is 4.56. The van der Waals surface area contributed by atoms with Gasteiger partial charge in [-0.1, -0.05) is 35.5 Å². The van der Waals surface area contributed by atoms with E-state index < -0.39 is 0 Å². The second kappa shape index (κ2) is 7.15. The summed E-state index contributed by atoms with van der Waals surface area (Å²) in [6.45, 7) is 4.00. The second-order valence-electron chi connectivity index (χ2n) is 6.81. The monoisotopic (exact) mass is 350 g/mol. The molecule has 3 aromatic rings. The van der Waals surface area contributed by atoms with E-state index in [9.17, 15) is 4.79 Å². The van der Waals surface area contributed by atoms with Gasteiger partial charge in [-0.25, -0.2) is 4.98 Å². The van der Waals surface area contributed by atoms with Crippen LogP contribution in [0.25, 0.3) is 0 Å². The second-order valence-corrected chi connectivity index (χ2v) is 6.81. The van der Waals surface area contributed by atoms with Crippen LogP contribution in [0.3, 0.4) is 0 Å². The van der Waals surface area contributed by atoms with E-state index in [1.54, 1.807) is 13.0 Å². The van der Waals surface area contributed by atoms with Crippen molar-refractivity contribution in [2.45, 2.75) is 32.2 Å². The number of aryl methyl sites for hydroxylation is 1. The van der Waals surface area contributed by atoms with Gasteiger partial charge in [-0.3, -0.25) is 4.79 Å². The lowest BCUT2D eigenvalue weighted by Crippen LogP contribution is -2.40. The number of carbonyl (C=O) groups excluding carboxylic acids is 1. The Morgan fingerprint density at radius 3 is 2.92 bits per heavy atom. The maximum absolute atomic E-state index is 12.7. The molecule has 1 atom stereocenters. The van der Waals surface area contributed by atoms with Crippen molar-refractivity contribution in [3.05, 3.63) is 71.6 Å². The zero-order chi connectivity index (χ0) is 17.9. The molecule has 1 fully saturated rings. The molecule has 4 rings (SSSR count). The smallest absolute Gasteiger partial charge is 0.276 e. The molecular weight excluding hydrogens is 328 g/mol. The van der Waals surface area contributed by atoms with Crippen LogP contribution < -0.4 is 0 Å². The number of benzene rings is 1. The van der Waals surface area contributed by atoms with Gasteiger partial charge < -0.3 is 14.0 Å². The van der Waals surface area contributed by atoms with Gasteiger partial charge in [0.25, 0.3) is 5.91 Å². The van der Waals surface area contributed by atoms with Crippen LogP contribution >= 0.6 is 0 Å². The fourth-order valence-electron chi connectivity index (χ4n) is 3.60. The summed E-state index contributed by atoms with van der Waals surface area (Å²) >= 11 is 0. The molecule has 1 aromatic carbocycles. The Labute approximate surface area is 152 Å². The zero-order valence-electron chi connectivity index (χ0n) is 14.8. The number of rotatable bonds is 4. The highest BCUT2D eigenvalue weighted by Crippen LogP contribution is 2.27. The van der Waals surface area contributed by atoms with Crippen LogP contribution in [0.5, 0.6) is 0 Å². The van der Waals surface area contributed by atoms with E-state index >= 15 is 0 Å². The highest BCUT2D eigenvalue weighted by atomic mass is 16.5. The molecule has 6 nitrogen and oxygen atoms in total. The highest BCUT2D eigenvalue weighted by Gasteiger charge is 2.29. The van der Waals surface area contributed by atoms with Gasteiger partial charge in [0.15, 0.2) is 5.69 Å². The Bertz CT molecular complexity index is 884.